The van der Waals surface area contributed by atoms with Gasteiger partial charge in [-0.15, -0.1) is 0 Å². The lowest BCUT2D eigenvalue weighted by molar-refractivity contribution is 0.103. The molecule has 78 valence electrons. The summed E-state index contributed by atoms with van der Waals surface area (Å²) in [5.74, 6) is -0.0787. The van der Waals surface area contributed by atoms with Crippen LogP contribution >= 0.6 is 0 Å². The van der Waals surface area contributed by atoms with Gasteiger partial charge in [-0.25, -0.2) is 0 Å². The molecule has 0 aliphatic carbocycles. The highest BCUT2D eigenvalue weighted by molar-refractivity contribution is 6.09. The number of carbonyl (C=O) groups is 1. The van der Waals surface area contributed by atoms with Crippen LogP contribution in [0.5, 0.6) is 0 Å². The molecule has 0 spiro atoms. The predicted molar refractivity (Wildman–Crippen MR) is 58.2 cm³/mol. The quantitative estimate of drug-likeness (QED) is 0.663. The second-order valence-corrected chi connectivity index (χ2v) is 3.49. The molecule has 0 bridgehead atoms. The van der Waals surface area contributed by atoms with E-state index in [1.807, 2.05) is 12.1 Å². The van der Waals surface area contributed by atoms with Gasteiger partial charge in [0.15, 0.2) is 0 Å². The van der Waals surface area contributed by atoms with Crippen molar-refractivity contribution in [3.63, 3.8) is 0 Å². The van der Waals surface area contributed by atoms with Crippen LogP contribution in [0.1, 0.15) is 16.1 Å². The van der Waals surface area contributed by atoms with Crippen LogP contribution in [0.15, 0.2) is 47.5 Å². The zero-order valence-corrected chi connectivity index (χ0v) is 8.31. The average Bonchev–Trinajstić information content (AvgIpc) is 2.97. The van der Waals surface area contributed by atoms with E-state index in [9.17, 15) is 4.79 Å². The molecule has 0 saturated carbocycles. The second kappa shape index (κ2) is 3.34. The van der Waals surface area contributed by atoms with Crippen LogP contribution in [0.4, 0.5) is 0 Å². The Bertz CT molecular complexity index is 605. The summed E-state index contributed by atoms with van der Waals surface area (Å²) < 4.78 is 4.88. The molecule has 0 amide bonds. The number of pyridine rings is 1. The molecule has 1 N–H and O–H groups in total. The molecule has 3 rings (SSSR count). The maximum atomic E-state index is 12.0. The molecular weight excluding hydrogens is 204 g/mol. The van der Waals surface area contributed by atoms with Gasteiger partial charge in [0, 0.05) is 11.6 Å². The van der Waals surface area contributed by atoms with Crippen LogP contribution in [0.3, 0.4) is 0 Å². The number of aromatic amines is 1. The second-order valence-electron chi connectivity index (χ2n) is 3.49. The van der Waals surface area contributed by atoms with E-state index in [2.05, 4.69) is 9.97 Å². The Morgan fingerprint density at radius 3 is 3.06 bits per heavy atom. The summed E-state index contributed by atoms with van der Waals surface area (Å²) in [7, 11) is 0. The number of aromatic nitrogens is 2. The Labute approximate surface area is 90.9 Å². The van der Waals surface area contributed by atoms with E-state index in [4.69, 9.17) is 4.42 Å². The maximum absolute atomic E-state index is 12.0. The minimum atomic E-state index is -0.0787. The Morgan fingerprint density at radius 2 is 2.31 bits per heavy atom. The minimum absolute atomic E-state index is 0.0787. The summed E-state index contributed by atoms with van der Waals surface area (Å²) in [6, 6.07) is 5.32. The van der Waals surface area contributed by atoms with Gasteiger partial charge >= 0.3 is 0 Å². The van der Waals surface area contributed by atoms with Crippen molar-refractivity contribution in [2.24, 2.45) is 0 Å². The van der Waals surface area contributed by atoms with Crippen molar-refractivity contribution in [1.82, 2.24) is 9.97 Å². The number of carbonyl (C=O) groups excluding carboxylic acids is 1. The van der Waals surface area contributed by atoms with Crippen LogP contribution in [-0.2, 0) is 0 Å². The molecule has 0 aromatic carbocycles. The molecule has 4 heteroatoms. The lowest BCUT2D eigenvalue weighted by atomic mass is 10.1. The summed E-state index contributed by atoms with van der Waals surface area (Å²) in [6.45, 7) is 0. The Kier molecular flexibility index (Phi) is 1.86. The van der Waals surface area contributed by atoms with Gasteiger partial charge in [-0.05, 0) is 18.2 Å². The molecule has 3 aromatic heterocycles. The fraction of sp³-hybridized carbons (Fsp3) is 0. The number of nitrogens with zero attached hydrogens (tertiary/aromatic N) is 1. The largest absolute Gasteiger partial charge is 0.472 e. The molecule has 0 saturated heterocycles. The summed E-state index contributed by atoms with van der Waals surface area (Å²) in [6.07, 6.45) is 6.31. The highest BCUT2D eigenvalue weighted by Crippen LogP contribution is 2.16. The predicted octanol–water partition coefficient (Wildman–Crippen LogP) is 2.39. The molecular formula is C12H8N2O2. The van der Waals surface area contributed by atoms with Crippen molar-refractivity contribution in [3.8, 4) is 0 Å². The molecule has 0 aliphatic heterocycles. The average molecular weight is 212 g/mol. The number of hydrogen-bond acceptors (Lipinski definition) is 3. The lowest BCUT2D eigenvalue weighted by Gasteiger charge is -1.91. The van der Waals surface area contributed by atoms with Crippen molar-refractivity contribution in [1.29, 1.82) is 0 Å². The van der Waals surface area contributed by atoms with Crippen molar-refractivity contribution in [2.75, 3.05) is 0 Å². The van der Waals surface area contributed by atoms with E-state index in [0.717, 1.165) is 10.9 Å². The number of nitrogens with one attached hydrogen (secondary N) is 1. The normalized spacial score (nSPS) is 10.8. The topological polar surface area (TPSA) is 58.9 Å². The molecule has 0 fully saturated rings. The lowest BCUT2D eigenvalue weighted by Crippen LogP contribution is -1.99. The number of fused-ring (bicyclic) bond motifs is 1. The van der Waals surface area contributed by atoms with E-state index in [1.54, 1.807) is 18.5 Å². The van der Waals surface area contributed by atoms with E-state index in [-0.39, 0.29) is 5.78 Å². The van der Waals surface area contributed by atoms with Crippen molar-refractivity contribution in [3.05, 3.63) is 54.4 Å². The summed E-state index contributed by atoms with van der Waals surface area (Å²) in [5.41, 5.74) is 1.94. The standard InChI is InChI=1S/C12H8N2O2/c15-12(9-2-4-16-7-9)10-5-8-1-3-13-6-11(8)14-10/h1-7,14H. The number of furan rings is 1. The fourth-order valence-electron chi connectivity index (χ4n) is 1.64. The maximum Gasteiger partial charge on any atom is 0.212 e. The smallest absolute Gasteiger partial charge is 0.212 e. The first-order valence-electron chi connectivity index (χ1n) is 4.84. The zero-order chi connectivity index (χ0) is 11.0. The monoisotopic (exact) mass is 212 g/mol. The molecule has 3 aromatic rings. The van der Waals surface area contributed by atoms with Gasteiger partial charge in [-0.1, -0.05) is 0 Å². The molecule has 16 heavy (non-hydrogen) atoms. The first kappa shape index (κ1) is 8.91. The third-order valence-electron chi connectivity index (χ3n) is 2.45. The summed E-state index contributed by atoms with van der Waals surface area (Å²) in [4.78, 5) is 19.0. The highest BCUT2D eigenvalue weighted by atomic mass is 16.3. The highest BCUT2D eigenvalue weighted by Gasteiger charge is 2.12. The molecule has 3 heterocycles. The van der Waals surface area contributed by atoms with E-state index < -0.39 is 0 Å². The number of ketones is 1. The third kappa shape index (κ3) is 1.32. The number of H-pyrrole nitrogens is 1. The first-order chi connectivity index (χ1) is 7.84. The van der Waals surface area contributed by atoms with Crippen molar-refractivity contribution < 1.29 is 9.21 Å². The van der Waals surface area contributed by atoms with Gasteiger partial charge in [0.05, 0.1) is 29.2 Å². The Balaban J connectivity index is 2.10. The molecule has 0 radical (unpaired) electrons. The number of hydrogen-bond donors (Lipinski definition) is 1. The van der Waals surface area contributed by atoms with E-state index in [1.165, 1.54) is 12.5 Å². The van der Waals surface area contributed by atoms with E-state index >= 15 is 0 Å². The first-order valence-corrected chi connectivity index (χ1v) is 4.84. The summed E-state index contributed by atoms with van der Waals surface area (Å²) in [5, 5.41) is 0.974. The number of rotatable bonds is 2. The minimum Gasteiger partial charge on any atom is -0.472 e. The summed E-state index contributed by atoms with van der Waals surface area (Å²) >= 11 is 0. The van der Waals surface area contributed by atoms with Crippen molar-refractivity contribution >= 4 is 16.7 Å². The van der Waals surface area contributed by atoms with Gasteiger partial charge in [-0.2, -0.15) is 0 Å². The van der Waals surface area contributed by atoms with Gasteiger partial charge in [0.25, 0.3) is 0 Å². The van der Waals surface area contributed by atoms with Crippen LogP contribution < -0.4 is 0 Å². The fourth-order valence-corrected chi connectivity index (χ4v) is 1.64. The molecule has 0 atom stereocenters. The van der Waals surface area contributed by atoms with Crippen LogP contribution in [0.2, 0.25) is 0 Å². The third-order valence-corrected chi connectivity index (χ3v) is 2.45. The van der Waals surface area contributed by atoms with Crippen LogP contribution in [0.25, 0.3) is 10.9 Å². The van der Waals surface area contributed by atoms with Gasteiger partial charge in [0.1, 0.15) is 6.26 Å². The SMILES string of the molecule is O=C(c1ccoc1)c1cc2ccncc2[nH]1. The Morgan fingerprint density at radius 1 is 1.38 bits per heavy atom. The molecule has 0 unspecified atom stereocenters. The Hall–Kier alpha value is -2.36. The van der Waals surface area contributed by atoms with Gasteiger partial charge in [0.2, 0.25) is 5.78 Å². The van der Waals surface area contributed by atoms with E-state index in [0.29, 0.717) is 11.3 Å². The molecule has 4 nitrogen and oxygen atoms in total. The van der Waals surface area contributed by atoms with Gasteiger partial charge in [-0.3, -0.25) is 9.78 Å². The van der Waals surface area contributed by atoms with Crippen LogP contribution in [0, 0.1) is 0 Å². The molecule has 0 aliphatic rings. The van der Waals surface area contributed by atoms with Crippen LogP contribution in [-0.4, -0.2) is 15.8 Å². The zero-order valence-electron chi connectivity index (χ0n) is 8.31. The van der Waals surface area contributed by atoms with Gasteiger partial charge < -0.3 is 9.40 Å². The van der Waals surface area contributed by atoms with Crippen molar-refractivity contribution in [2.45, 2.75) is 0 Å².